The first-order chi connectivity index (χ1) is 35.9. The van der Waals surface area contributed by atoms with Crippen LogP contribution in [-0.2, 0) is 81.5 Å². The van der Waals surface area contributed by atoms with Gasteiger partial charge in [0.25, 0.3) is 0 Å². The molecule has 9 amide bonds. The summed E-state index contributed by atoms with van der Waals surface area (Å²) in [5.41, 5.74) is 0. The number of carboxylic acids is 8. The van der Waals surface area contributed by atoms with E-state index in [0.717, 1.165) is 16.7 Å². The second-order valence-corrected chi connectivity index (χ2v) is 16.5. The molecule has 0 fully saturated rings. The van der Waals surface area contributed by atoms with Crippen molar-refractivity contribution in [1.82, 2.24) is 44.5 Å². The van der Waals surface area contributed by atoms with E-state index in [-0.39, 0.29) is 0 Å². The third kappa shape index (κ3) is 30.1. The van der Waals surface area contributed by atoms with Gasteiger partial charge in [0.15, 0.2) is 0 Å². The summed E-state index contributed by atoms with van der Waals surface area (Å²) in [7, 11) is 1.20. The van der Waals surface area contributed by atoms with Crippen LogP contribution in [0.15, 0.2) is 0 Å². The van der Waals surface area contributed by atoms with Gasteiger partial charge in [0, 0.05) is 66.3 Å². The highest BCUT2D eigenvalue weighted by molar-refractivity contribution is 5.94. The third-order valence-electron chi connectivity index (χ3n) is 10.6. The summed E-state index contributed by atoms with van der Waals surface area (Å²) >= 11 is 0. The maximum atomic E-state index is 14.0. The van der Waals surface area contributed by atoms with Crippen LogP contribution in [0.2, 0.25) is 0 Å². The maximum absolute atomic E-state index is 14.0. The molecule has 0 atom stereocenters. The second kappa shape index (κ2) is 35.2. The Morgan fingerprint density at radius 3 is 0.545 bits per heavy atom. The zero-order valence-electron chi connectivity index (χ0n) is 42.1. The Morgan fingerprint density at radius 1 is 0.260 bits per heavy atom. The molecule has 0 bridgehead atoms. The smallest absolute Gasteiger partial charge is 0.305 e. The van der Waals surface area contributed by atoms with Crippen LogP contribution in [0.25, 0.3) is 0 Å². The molecular weight excluding hydrogens is 1040 g/mol. The van der Waals surface area contributed by atoms with Crippen molar-refractivity contribution in [3.05, 3.63) is 0 Å². The fraction of sp³-hybridized carbons (Fsp3) is 0.605. The first-order valence-electron chi connectivity index (χ1n) is 23.0. The second-order valence-electron chi connectivity index (χ2n) is 16.5. The quantitative estimate of drug-likeness (QED) is 0.0276. The van der Waals surface area contributed by atoms with E-state index in [2.05, 4.69) is 5.32 Å². The number of carbonyl (C=O) groups is 17. The van der Waals surface area contributed by atoms with E-state index >= 15 is 0 Å². The topological polar surface area (TPSA) is 490 Å². The normalized spacial score (nSPS) is 10.4. The number of likely N-dealkylation sites (N-methyl/N-ethyl adjacent to an activating group) is 1. The number of amides is 9. The number of hydrogen-bond acceptors (Lipinski definition) is 17. The van der Waals surface area contributed by atoms with E-state index in [1.165, 1.54) is 7.05 Å². The molecule has 0 aliphatic carbocycles. The van der Waals surface area contributed by atoms with Crippen LogP contribution >= 0.6 is 0 Å². The molecule has 77 heavy (non-hydrogen) atoms. The minimum atomic E-state index is -1.56. The van der Waals surface area contributed by atoms with Crippen LogP contribution in [0.1, 0.15) is 58.3 Å². The van der Waals surface area contributed by atoms with Crippen molar-refractivity contribution < 1.29 is 122 Å². The predicted octanol–water partition coefficient (Wildman–Crippen LogP) is -5.82. The Balaban J connectivity index is 7.04. The van der Waals surface area contributed by atoms with Gasteiger partial charge in [-0.3, -0.25) is 81.5 Å². The van der Waals surface area contributed by atoms with E-state index in [4.69, 9.17) is 10.2 Å². The molecule has 9 N–H and O–H groups in total. The van der Waals surface area contributed by atoms with Gasteiger partial charge in [-0.15, -0.1) is 0 Å². The molecule has 34 nitrogen and oxygen atoms in total. The third-order valence-corrected chi connectivity index (χ3v) is 10.6. The molecule has 0 radical (unpaired) electrons. The molecule has 0 spiro atoms. The molecule has 0 aromatic heterocycles. The summed E-state index contributed by atoms with van der Waals surface area (Å²) in [5, 5.41) is 76.9. The average Bonchev–Trinajstić information content (AvgIpc) is 3.32. The summed E-state index contributed by atoms with van der Waals surface area (Å²) < 4.78 is 0. The zero-order chi connectivity index (χ0) is 59.1. The summed E-state index contributed by atoms with van der Waals surface area (Å²) in [6.07, 6.45) is -6.44. The van der Waals surface area contributed by atoms with Crippen molar-refractivity contribution in [2.75, 3.05) is 112 Å². The van der Waals surface area contributed by atoms with E-state index < -0.39 is 257 Å². The van der Waals surface area contributed by atoms with Crippen molar-refractivity contribution in [3.63, 3.8) is 0 Å². The van der Waals surface area contributed by atoms with Crippen LogP contribution in [-0.4, -0.2) is 293 Å². The Morgan fingerprint density at radius 2 is 0.403 bits per heavy atom. The van der Waals surface area contributed by atoms with E-state index in [1.807, 2.05) is 0 Å². The van der Waals surface area contributed by atoms with Crippen LogP contribution in [0, 0.1) is 0 Å². The van der Waals surface area contributed by atoms with E-state index in [1.54, 1.807) is 0 Å². The van der Waals surface area contributed by atoms with Gasteiger partial charge >= 0.3 is 47.8 Å². The van der Waals surface area contributed by atoms with Crippen LogP contribution in [0.3, 0.4) is 0 Å². The fourth-order valence-electron chi connectivity index (χ4n) is 6.33. The Hall–Kier alpha value is -9.01. The van der Waals surface area contributed by atoms with Gasteiger partial charge in [0.2, 0.25) is 53.2 Å². The average molecular weight is 1110 g/mol. The van der Waals surface area contributed by atoms with E-state index in [9.17, 15) is 112 Å². The lowest BCUT2D eigenvalue weighted by Gasteiger charge is -2.32. The lowest BCUT2D eigenvalue weighted by Crippen LogP contribution is -2.53. The summed E-state index contributed by atoms with van der Waals surface area (Å²) in [5.74, 6) is -21.9. The summed E-state index contributed by atoms with van der Waals surface area (Å²) in [6.45, 7) is -13.1. The molecule has 0 saturated carbocycles. The first kappa shape index (κ1) is 68.0. The highest BCUT2D eigenvalue weighted by Crippen LogP contribution is 2.09. The highest BCUT2D eigenvalue weighted by atomic mass is 16.4. The Bertz CT molecular complexity index is 2220. The number of rotatable bonds is 40. The maximum Gasteiger partial charge on any atom is 0.305 e. The monoisotopic (exact) mass is 1110 g/mol. The number of aliphatic carboxylic acids is 8. The van der Waals surface area contributed by atoms with Crippen molar-refractivity contribution in [1.29, 1.82) is 0 Å². The lowest BCUT2D eigenvalue weighted by molar-refractivity contribution is -0.151. The van der Waals surface area contributed by atoms with Gasteiger partial charge in [0.1, 0.15) is 0 Å². The molecule has 0 saturated heterocycles. The Labute approximate surface area is 437 Å². The van der Waals surface area contributed by atoms with Gasteiger partial charge < -0.3 is 85.4 Å². The summed E-state index contributed by atoms with van der Waals surface area (Å²) in [4.78, 5) is 217. The first-order valence-corrected chi connectivity index (χ1v) is 23.0. The number of carboxylic acid groups (broad SMARTS) is 8. The molecule has 0 aliphatic rings. The Kier molecular flexibility index (Phi) is 31.1. The van der Waals surface area contributed by atoms with Crippen molar-refractivity contribution >= 4 is 101 Å². The molecule has 430 valence electrons. The SMILES string of the molecule is CNC(=O)CN(CCC(=O)O)C(=O)CN(CCC(=O)O)C(=O)CN(CCC(=O)O)C(=O)CN(CCC(=O)O)C(=O)CN(CCC(=O)O)C(=O)CN(CCC(=O)O)C(=O)CN(CCC(=O)O)C(=O)CN(CCC(=O)O)C(C)=O. The largest absolute Gasteiger partial charge is 0.481 e. The van der Waals surface area contributed by atoms with Crippen LogP contribution in [0.5, 0.6) is 0 Å². The van der Waals surface area contributed by atoms with Crippen molar-refractivity contribution in [2.45, 2.75) is 58.3 Å². The van der Waals surface area contributed by atoms with Crippen molar-refractivity contribution in [3.8, 4) is 0 Å². The van der Waals surface area contributed by atoms with Crippen molar-refractivity contribution in [2.24, 2.45) is 0 Å². The zero-order valence-corrected chi connectivity index (χ0v) is 42.1. The number of hydrogen-bond donors (Lipinski definition) is 9. The molecular formula is C43H63N9O25. The standard InChI is InChI=1S/C43H63N9O25/c1-27(53)45(11-3-36(62)63)20-29(55)47(13-5-38(66)67)22-31(57)49(15-7-40(70)71)24-33(59)51(17-9-42(74)75)26-35(61)52(18-10-43(76)77)25-34(60)50(16-8-41(72)73)23-32(58)48(14-6-39(68)69)21-30(56)46(12-4-37(64)65)19-28(54)44-2/h3-26H2,1-2H3,(H,44,54)(H,62,63)(H,64,65)(H,66,67)(H,68,69)(H,70,71)(H,72,73)(H,74,75)(H,76,77). The lowest BCUT2D eigenvalue weighted by atomic mass is 10.2. The van der Waals surface area contributed by atoms with Gasteiger partial charge in [-0.2, -0.15) is 0 Å². The predicted molar refractivity (Wildman–Crippen MR) is 250 cm³/mol. The molecule has 34 heteroatoms. The minimum absolute atomic E-state index is 0.480. The highest BCUT2D eigenvalue weighted by Gasteiger charge is 2.32. The number of nitrogens with zero attached hydrogens (tertiary/aromatic N) is 8. The molecule has 0 unspecified atom stereocenters. The van der Waals surface area contributed by atoms with Gasteiger partial charge in [0.05, 0.1) is 104 Å². The minimum Gasteiger partial charge on any atom is -0.481 e. The van der Waals surface area contributed by atoms with Gasteiger partial charge in [-0.25, -0.2) is 0 Å². The molecule has 0 aromatic carbocycles. The molecule has 0 aliphatic heterocycles. The van der Waals surface area contributed by atoms with Crippen LogP contribution in [0.4, 0.5) is 0 Å². The van der Waals surface area contributed by atoms with Gasteiger partial charge in [-0.05, 0) is 0 Å². The summed E-state index contributed by atoms with van der Waals surface area (Å²) in [6, 6.07) is 0. The molecule has 0 heterocycles. The van der Waals surface area contributed by atoms with Crippen LogP contribution < -0.4 is 5.32 Å². The fourth-order valence-corrected chi connectivity index (χ4v) is 6.33. The number of carbonyl (C=O) groups excluding carboxylic acids is 9. The van der Waals surface area contributed by atoms with E-state index in [0.29, 0.717) is 29.4 Å². The number of nitrogens with one attached hydrogen (secondary N) is 1. The van der Waals surface area contributed by atoms with Gasteiger partial charge in [-0.1, -0.05) is 0 Å². The molecule has 0 aromatic rings. The molecule has 0 rings (SSSR count).